The van der Waals surface area contributed by atoms with E-state index in [1.54, 1.807) is 0 Å². The fraction of sp³-hybridized carbons (Fsp3) is 0.571. The van der Waals surface area contributed by atoms with Crippen LogP contribution >= 0.6 is 0 Å². The molecule has 0 aliphatic carbocycles. The molecule has 1 rings (SSSR count). The van der Waals surface area contributed by atoms with Gasteiger partial charge in [-0.2, -0.15) is 0 Å². The molecule has 2 heteroatoms. The second-order valence-electron chi connectivity index (χ2n) is 4.43. The van der Waals surface area contributed by atoms with Gasteiger partial charge in [-0.15, -0.1) is 0 Å². The Labute approximate surface area is 99.5 Å². The van der Waals surface area contributed by atoms with Gasteiger partial charge < -0.3 is 10.6 Å². The van der Waals surface area contributed by atoms with Crippen molar-refractivity contribution in [3.8, 4) is 0 Å². The van der Waals surface area contributed by atoms with E-state index in [-0.39, 0.29) is 0 Å². The van der Waals surface area contributed by atoms with E-state index in [4.69, 9.17) is 5.73 Å². The molecule has 90 valence electrons. The van der Waals surface area contributed by atoms with Crippen molar-refractivity contribution in [1.82, 2.24) is 0 Å². The van der Waals surface area contributed by atoms with Gasteiger partial charge in [0, 0.05) is 25.8 Å². The summed E-state index contributed by atoms with van der Waals surface area (Å²) in [5.74, 6) is 0.791. The quantitative estimate of drug-likeness (QED) is 0.798. The van der Waals surface area contributed by atoms with Crippen LogP contribution < -0.4 is 10.6 Å². The van der Waals surface area contributed by atoms with Gasteiger partial charge >= 0.3 is 0 Å². The number of nitrogens with two attached hydrogens (primary N) is 1. The van der Waals surface area contributed by atoms with E-state index in [0.717, 1.165) is 12.5 Å². The standard InChI is InChI=1S/C14H24N2/c1-4-12(5-2)11-16(3)14-8-6-13(10-15)7-9-14/h6-9,12H,4-5,10-11,15H2,1-3H3. The Balaban J connectivity index is 2.61. The first kappa shape index (κ1) is 13.0. The lowest BCUT2D eigenvalue weighted by Gasteiger charge is -2.24. The largest absolute Gasteiger partial charge is 0.374 e. The SMILES string of the molecule is CCC(CC)CN(C)c1ccc(CN)cc1. The van der Waals surface area contributed by atoms with Crippen LogP contribution in [-0.4, -0.2) is 13.6 Å². The summed E-state index contributed by atoms with van der Waals surface area (Å²) < 4.78 is 0. The van der Waals surface area contributed by atoms with Gasteiger partial charge in [0.25, 0.3) is 0 Å². The lowest BCUT2D eigenvalue weighted by atomic mass is 10.0. The first-order chi connectivity index (χ1) is 7.71. The van der Waals surface area contributed by atoms with E-state index in [1.807, 2.05) is 0 Å². The first-order valence-electron chi connectivity index (χ1n) is 6.21. The third-order valence-corrected chi connectivity index (χ3v) is 3.30. The molecule has 0 radical (unpaired) electrons. The van der Waals surface area contributed by atoms with E-state index in [1.165, 1.54) is 24.1 Å². The molecule has 0 aliphatic rings. The van der Waals surface area contributed by atoms with Gasteiger partial charge in [-0.25, -0.2) is 0 Å². The fourth-order valence-corrected chi connectivity index (χ4v) is 1.93. The summed E-state index contributed by atoms with van der Waals surface area (Å²) in [6.45, 7) is 6.28. The Kier molecular flexibility index (Phi) is 5.33. The highest BCUT2D eigenvalue weighted by molar-refractivity contribution is 5.46. The van der Waals surface area contributed by atoms with Crippen LogP contribution in [0.15, 0.2) is 24.3 Å². The number of benzene rings is 1. The zero-order chi connectivity index (χ0) is 12.0. The fourth-order valence-electron chi connectivity index (χ4n) is 1.93. The number of hydrogen-bond acceptors (Lipinski definition) is 2. The Morgan fingerprint density at radius 2 is 1.69 bits per heavy atom. The summed E-state index contributed by atoms with van der Waals surface area (Å²) in [4.78, 5) is 2.33. The van der Waals surface area contributed by atoms with E-state index in [9.17, 15) is 0 Å². The monoisotopic (exact) mass is 220 g/mol. The van der Waals surface area contributed by atoms with Gasteiger partial charge in [0.1, 0.15) is 0 Å². The van der Waals surface area contributed by atoms with Crippen molar-refractivity contribution in [2.45, 2.75) is 33.2 Å². The molecule has 0 fully saturated rings. The second-order valence-corrected chi connectivity index (χ2v) is 4.43. The molecule has 0 heterocycles. The lowest BCUT2D eigenvalue weighted by molar-refractivity contribution is 0.494. The summed E-state index contributed by atoms with van der Waals surface area (Å²) in [5, 5.41) is 0. The molecule has 0 saturated carbocycles. The predicted molar refractivity (Wildman–Crippen MR) is 71.7 cm³/mol. The summed E-state index contributed by atoms with van der Waals surface area (Å²) in [5.41, 5.74) is 8.06. The molecular weight excluding hydrogens is 196 g/mol. The van der Waals surface area contributed by atoms with Crippen LogP contribution in [0.25, 0.3) is 0 Å². The molecule has 1 aromatic rings. The van der Waals surface area contributed by atoms with Gasteiger partial charge in [-0.05, 0) is 23.6 Å². The third kappa shape index (κ3) is 3.53. The maximum Gasteiger partial charge on any atom is 0.0363 e. The Bertz CT molecular complexity index is 288. The van der Waals surface area contributed by atoms with Crippen LogP contribution in [0.5, 0.6) is 0 Å². The van der Waals surface area contributed by atoms with E-state index < -0.39 is 0 Å². The summed E-state index contributed by atoms with van der Waals surface area (Å²) in [6.07, 6.45) is 2.50. The van der Waals surface area contributed by atoms with Crippen molar-refractivity contribution < 1.29 is 0 Å². The minimum Gasteiger partial charge on any atom is -0.374 e. The Morgan fingerprint density at radius 3 is 2.12 bits per heavy atom. The minimum atomic E-state index is 0.622. The molecule has 0 saturated heterocycles. The number of nitrogens with zero attached hydrogens (tertiary/aromatic N) is 1. The minimum absolute atomic E-state index is 0.622. The van der Waals surface area contributed by atoms with E-state index in [2.05, 4.69) is 50.1 Å². The summed E-state index contributed by atoms with van der Waals surface area (Å²) in [6, 6.07) is 8.53. The normalized spacial score (nSPS) is 10.8. The highest BCUT2D eigenvalue weighted by atomic mass is 15.1. The predicted octanol–water partition coefficient (Wildman–Crippen LogP) is 3.02. The third-order valence-electron chi connectivity index (χ3n) is 3.30. The van der Waals surface area contributed by atoms with Gasteiger partial charge in [0.2, 0.25) is 0 Å². The van der Waals surface area contributed by atoms with Gasteiger partial charge in [0.05, 0.1) is 0 Å². The van der Waals surface area contributed by atoms with Crippen LogP contribution in [0, 0.1) is 5.92 Å². The Morgan fingerprint density at radius 1 is 1.12 bits per heavy atom. The topological polar surface area (TPSA) is 29.3 Å². The van der Waals surface area contributed by atoms with Gasteiger partial charge in [-0.1, -0.05) is 38.8 Å². The molecule has 1 aromatic carbocycles. The molecule has 0 bridgehead atoms. The zero-order valence-electron chi connectivity index (χ0n) is 10.7. The van der Waals surface area contributed by atoms with E-state index in [0.29, 0.717) is 6.54 Å². The first-order valence-corrected chi connectivity index (χ1v) is 6.21. The molecule has 16 heavy (non-hydrogen) atoms. The molecule has 0 atom stereocenters. The van der Waals surface area contributed by atoms with Crippen LogP contribution in [0.4, 0.5) is 5.69 Å². The maximum absolute atomic E-state index is 5.59. The molecule has 0 amide bonds. The molecule has 0 aromatic heterocycles. The van der Waals surface area contributed by atoms with Gasteiger partial charge in [0.15, 0.2) is 0 Å². The van der Waals surface area contributed by atoms with Crippen LogP contribution in [0.2, 0.25) is 0 Å². The molecule has 0 spiro atoms. The molecule has 2 nitrogen and oxygen atoms in total. The molecule has 2 N–H and O–H groups in total. The molecule has 0 aliphatic heterocycles. The highest BCUT2D eigenvalue weighted by Gasteiger charge is 2.07. The maximum atomic E-state index is 5.59. The van der Waals surface area contributed by atoms with Crippen LogP contribution in [0.1, 0.15) is 32.3 Å². The number of rotatable bonds is 6. The molecule has 0 unspecified atom stereocenters. The van der Waals surface area contributed by atoms with Crippen LogP contribution in [-0.2, 0) is 6.54 Å². The summed E-state index contributed by atoms with van der Waals surface area (Å²) >= 11 is 0. The van der Waals surface area contributed by atoms with Crippen molar-refractivity contribution in [2.75, 3.05) is 18.5 Å². The summed E-state index contributed by atoms with van der Waals surface area (Å²) in [7, 11) is 2.16. The zero-order valence-corrected chi connectivity index (χ0v) is 10.7. The lowest BCUT2D eigenvalue weighted by Crippen LogP contribution is -2.24. The average Bonchev–Trinajstić information content (AvgIpc) is 2.35. The van der Waals surface area contributed by atoms with Crippen molar-refractivity contribution in [1.29, 1.82) is 0 Å². The smallest absolute Gasteiger partial charge is 0.0363 e. The van der Waals surface area contributed by atoms with Crippen LogP contribution in [0.3, 0.4) is 0 Å². The number of hydrogen-bond donors (Lipinski definition) is 1. The van der Waals surface area contributed by atoms with E-state index >= 15 is 0 Å². The van der Waals surface area contributed by atoms with Crippen molar-refractivity contribution >= 4 is 5.69 Å². The van der Waals surface area contributed by atoms with Gasteiger partial charge in [-0.3, -0.25) is 0 Å². The number of anilines is 1. The molecular formula is C14H24N2. The van der Waals surface area contributed by atoms with Crippen molar-refractivity contribution in [2.24, 2.45) is 11.7 Å². The highest BCUT2D eigenvalue weighted by Crippen LogP contribution is 2.17. The van der Waals surface area contributed by atoms with Crippen molar-refractivity contribution in [3.63, 3.8) is 0 Å². The average molecular weight is 220 g/mol. The second kappa shape index (κ2) is 6.54. The Hall–Kier alpha value is -1.02. The van der Waals surface area contributed by atoms with Crippen molar-refractivity contribution in [3.05, 3.63) is 29.8 Å².